The van der Waals surface area contributed by atoms with Crippen molar-refractivity contribution >= 4 is 37.6 Å². The van der Waals surface area contributed by atoms with E-state index >= 15 is 0 Å². The first-order valence-corrected chi connectivity index (χ1v) is 10.8. The van der Waals surface area contributed by atoms with Crippen molar-refractivity contribution in [3.8, 4) is 5.75 Å². The van der Waals surface area contributed by atoms with Crippen molar-refractivity contribution in [3.05, 3.63) is 97.9 Å². The first-order valence-electron chi connectivity index (χ1n) is 9.23. The van der Waals surface area contributed by atoms with Gasteiger partial charge in [-0.2, -0.15) is 5.10 Å². The fourth-order valence-corrected chi connectivity index (χ4v) is 4.47. The van der Waals surface area contributed by atoms with Crippen LogP contribution < -0.4 is 4.74 Å². The molecule has 5 rings (SSSR count). The Morgan fingerprint density at radius 1 is 0.929 bits per heavy atom. The SMILES string of the molecule is Cc1ccc(C2=NN3[C@H](C2)c2cc(Br)ccc2O[C@H]3c2ccc(Br)cc2)cc1. The van der Waals surface area contributed by atoms with Crippen LogP contribution in [0.15, 0.2) is 80.8 Å². The van der Waals surface area contributed by atoms with E-state index in [1.54, 1.807) is 0 Å². The maximum absolute atomic E-state index is 6.41. The number of nitrogens with zero attached hydrogens (tertiary/aromatic N) is 2. The molecule has 2 aliphatic heterocycles. The highest BCUT2D eigenvalue weighted by molar-refractivity contribution is 9.10. The van der Waals surface area contributed by atoms with Gasteiger partial charge in [0, 0.05) is 26.5 Å². The number of hydrogen-bond acceptors (Lipinski definition) is 3. The minimum absolute atomic E-state index is 0.159. The maximum atomic E-state index is 6.41. The van der Waals surface area contributed by atoms with Gasteiger partial charge in [-0.3, -0.25) is 0 Å². The number of fused-ring (bicyclic) bond motifs is 3. The summed E-state index contributed by atoms with van der Waals surface area (Å²) in [5.74, 6) is 0.928. The highest BCUT2D eigenvalue weighted by Gasteiger charge is 2.41. The van der Waals surface area contributed by atoms with E-state index in [-0.39, 0.29) is 12.3 Å². The van der Waals surface area contributed by atoms with Crippen molar-refractivity contribution in [2.75, 3.05) is 0 Å². The zero-order valence-electron chi connectivity index (χ0n) is 15.3. The summed E-state index contributed by atoms with van der Waals surface area (Å²) in [6.45, 7) is 2.11. The average molecular weight is 498 g/mol. The van der Waals surface area contributed by atoms with E-state index in [9.17, 15) is 0 Å². The largest absolute Gasteiger partial charge is 0.464 e. The molecule has 140 valence electrons. The molecule has 0 N–H and O–H groups in total. The number of halogens is 2. The van der Waals surface area contributed by atoms with Gasteiger partial charge >= 0.3 is 0 Å². The Labute approximate surface area is 181 Å². The van der Waals surface area contributed by atoms with Crippen LogP contribution in [0.5, 0.6) is 5.75 Å². The standard InChI is InChI=1S/C23H18Br2N2O/c1-14-2-4-15(5-3-14)20-13-21-19-12-18(25)10-11-22(19)28-23(27(21)26-20)16-6-8-17(24)9-7-16/h2-12,21,23H,13H2,1H3/t21-,23+/m1/s1. The molecule has 0 fully saturated rings. The first-order chi connectivity index (χ1) is 13.6. The summed E-state index contributed by atoms with van der Waals surface area (Å²) < 4.78 is 8.52. The van der Waals surface area contributed by atoms with E-state index in [4.69, 9.17) is 9.84 Å². The number of hydrogen-bond donors (Lipinski definition) is 0. The van der Waals surface area contributed by atoms with Crippen LogP contribution in [-0.4, -0.2) is 10.7 Å². The summed E-state index contributed by atoms with van der Waals surface area (Å²) in [5, 5.41) is 7.13. The molecule has 28 heavy (non-hydrogen) atoms. The molecule has 2 heterocycles. The van der Waals surface area contributed by atoms with E-state index in [1.165, 1.54) is 16.7 Å². The molecule has 3 nitrogen and oxygen atoms in total. The topological polar surface area (TPSA) is 24.8 Å². The van der Waals surface area contributed by atoms with Crippen molar-refractivity contribution in [3.63, 3.8) is 0 Å². The maximum Gasteiger partial charge on any atom is 0.213 e. The number of benzene rings is 3. The van der Waals surface area contributed by atoms with Gasteiger partial charge in [0.15, 0.2) is 0 Å². The predicted molar refractivity (Wildman–Crippen MR) is 119 cm³/mol. The molecular formula is C23H18Br2N2O. The van der Waals surface area contributed by atoms with Crippen molar-refractivity contribution in [2.24, 2.45) is 5.10 Å². The first kappa shape index (κ1) is 18.0. The van der Waals surface area contributed by atoms with Gasteiger partial charge in [-0.15, -0.1) is 0 Å². The van der Waals surface area contributed by atoms with Crippen molar-refractivity contribution in [1.82, 2.24) is 5.01 Å². The quantitative estimate of drug-likeness (QED) is 0.390. The van der Waals surface area contributed by atoms with E-state index in [1.807, 2.05) is 24.3 Å². The lowest BCUT2D eigenvalue weighted by molar-refractivity contribution is -0.0190. The van der Waals surface area contributed by atoms with Crippen LogP contribution in [0, 0.1) is 6.92 Å². The molecule has 3 aromatic carbocycles. The Hall–Kier alpha value is -2.11. The van der Waals surface area contributed by atoms with Crippen LogP contribution >= 0.6 is 31.9 Å². The summed E-state index contributed by atoms with van der Waals surface area (Å²) in [7, 11) is 0. The molecule has 0 saturated carbocycles. The Kier molecular flexibility index (Phi) is 4.52. The molecule has 0 spiro atoms. The van der Waals surface area contributed by atoms with Gasteiger partial charge in [0.2, 0.25) is 6.23 Å². The highest BCUT2D eigenvalue weighted by Crippen LogP contribution is 2.48. The minimum Gasteiger partial charge on any atom is -0.464 e. The molecule has 2 aliphatic rings. The fourth-order valence-electron chi connectivity index (χ4n) is 3.83. The van der Waals surface area contributed by atoms with Crippen LogP contribution in [-0.2, 0) is 0 Å². The molecular weight excluding hydrogens is 480 g/mol. The van der Waals surface area contributed by atoms with Crippen molar-refractivity contribution in [2.45, 2.75) is 25.6 Å². The van der Waals surface area contributed by atoms with Crippen LogP contribution in [0.3, 0.4) is 0 Å². The molecule has 0 saturated heterocycles. The molecule has 0 amide bonds. The smallest absolute Gasteiger partial charge is 0.213 e. The summed E-state index contributed by atoms with van der Waals surface area (Å²) in [6.07, 6.45) is 0.623. The summed E-state index contributed by atoms with van der Waals surface area (Å²) in [6, 6.07) is 23.3. The van der Waals surface area contributed by atoms with Crippen LogP contribution in [0.25, 0.3) is 0 Å². The van der Waals surface area contributed by atoms with E-state index < -0.39 is 0 Å². The lowest BCUT2D eigenvalue weighted by atomic mass is 9.95. The number of aryl methyl sites for hydroxylation is 1. The average Bonchev–Trinajstić information content (AvgIpc) is 3.14. The molecule has 0 aromatic heterocycles. The second-order valence-corrected chi connectivity index (χ2v) is 9.05. The number of rotatable bonds is 2. The predicted octanol–water partition coefficient (Wildman–Crippen LogP) is 6.76. The van der Waals surface area contributed by atoms with Crippen LogP contribution in [0.1, 0.15) is 40.9 Å². The Morgan fingerprint density at radius 2 is 1.64 bits per heavy atom. The number of ether oxygens (including phenoxy) is 1. The minimum atomic E-state index is -0.241. The third kappa shape index (κ3) is 3.16. The van der Waals surface area contributed by atoms with Gasteiger partial charge in [0.1, 0.15) is 5.75 Å². The van der Waals surface area contributed by atoms with Gasteiger partial charge < -0.3 is 4.74 Å². The second kappa shape index (κ2) is 7.05. The molecule has 0 aliphatic carbocycles. The number of hydrazone groups is 1. The summed E-state index contributed by atoms with van der Waals surface area (Å²) in [4.78, 5) is 0. The third-order valence-corrected chi connectivity index (χ3v) is 6.31. The molecule has 0 radical (unpaired) electrons. The second-order valence-electron chi connectivity index (χ2n) is 7.22. The van der Waals surface area contributed by atoms with Crippen molar-refractivity contribution < 1.29 is 4.74 Å². The van der Waals surface area contributed by atoms with E-state index in [2.05, 4.69) is 86.3 Å². The summed E-state index contributed by atoms with van der Waals surface area (Å²) >= 11 is 7.13. The van der Waals surface area contributed by atoms with Gasteiger partial charge in [-0.05, 0) is 42.8 Å². The van der Waals surface area contributed by atoms with Crippen molar-refractivity contribution in [1.29, 1.82) is 0 Å². The van der Waals surface area contributed by atoms with Gasteiger partial charge in [0.25, 0.3) is 0 Å². The molecule has 0 unspecified atom stereocenters. The highest BCUT2D eigenvalue weighted by atomic mass is 79.9. The third-order valence-electron chi connectivity index (χ3n) is 5.29. The lowest BCUT2D eigenvalue weighted by Gasteiger charge is -2.38. The molecule has 0 bridgehead atoms. The van der Waals surface area contributed by atoms with Crippen LogP contribution in [0.2, 0.25) is 0 Å². The zero-order valence-corrected chi connectivity index (χ0v) is 18.4. The Bertz CT molecular complexity index is 1060. The lowest BCUT2D eigenvalue weighted by Crippen LogP contribution is -2.33. The van der Waals surface area contributed by atoms with Gasteiger partial charge in [-0.1, -0.05) is 73.8 Å². The Morgan fingerprint density at radius 3 is 2.39 bits per heavy atom. The monoisotopic (exact) mass is 496 g/mol. The Balaban J connectivity index is 1.59. The van der Waals surface area contributed by atoms with Crippen LogP contribution in [0.4, 0.5) is 0 Å². The van der Waals surface area contributed by atoms with Gasteiger partial charge in [-0.25, -0.2) is 5.01 Å². The zero-order chi connectivity index (χ0) is 19.3. The molecule has 2 atom stereocenters. The normalized spacial score (nSPS) is 20.2. The van der Waals surface area contributed by atoms with E-state index in [0.717, 1.165) is 32.4 Å². The van der Waals surface area contributed by atoms with E-state index in [0.29, 0.717) is 0 Å². The summed E-state index contributed by atoms with van der Waals surface area (Å²) in [5.41, 5.74) is 5.80. The molecule has 3 aromatic rings. The molecule has 5 heteroatoms. The van der Waals surface area contributed by atoms with Gasteiger partial charge in [0.05, 0.1) is 11.8 Å². The fraction of sp³-hybridized carbons (Fsp3) is 0.174.